The average Bonchev–Trinajstić information content (AvgIpc) is 3.04. The molecule has 0 aromatic carbocycles. The monoisotopic (exact) mass is 277 g/mol. The Kier molecular flexibility index (Phi) is 3.88. The third-order valence-corrected chi connectivity index (χ3v) is 2.82. The fraction of sp³-hybridized carbons (Fsp3) is 0.308. The summed E-state index contributed by atoms with van der Waals surface area (Å²) in [5.74, 6) is -1.29. The fourth-order valence-electron chi connectivity index (χ4n) is 1.72. The van der Waals surface area contributed by atoms with Crippen LogP contribution >= 0.6 is 0 Å². The maximum Gasteiger partial charge on any atom is 0.326 e. The van der Waals surface area contributed by atoms with Gasteiger partial charge in [-0.15, -0.1) is 0 Å². The Balaban J connectivity index is 2.12. The molecule has 7 nitrogen and oxygen atoms in total. The minimum Gasteiger partial charge on any atom is -0.480 e. The highest BCUT2D eigenvalue weighted by Crippen LogP contribution is 2.17. The van der Waals surface area contributed by atoms with Gasteiger partial charge in [0.05, 0.1) is 6.26 Å². The number of aliphatic carboxylic acids is 1. The highest BCUT2D eigenvalue weighted by Gasteiger charge is 2.25. The first-order chi connectivity index (χ1) is 9.49. The zero-order chi connectivity index (χ0) is 14.7. The Labute approximate surface area is 115 Å². The van der Waals surface area contributed by atoms with Gasteiger partial charge in [0.2, 0.25) is 0 Å². The van der Waals surface area contributed by atoms with Crippen molar-refractivity contribution in [1.29, 1.82) is 0 Å². The van der Waals surface area contributed by atoms with Crippen LogP contribution in [-0.2, 0) is 4.79 Å². The number of hydrogen-bond donors (Lipinski definition) is 3. The molecule has 2 aromatic rings. The molecule has 0 fully saturated rings. The van der Waals surface area contributed by atoms with Crippen molar-refractivity contribution >= 4 is 11.9 Å². The van der Waals surface area contributed by atoms with Gasteiger partial charge in [-0.1, -0.05) is 13.8 Å². The molecule has 106 valence electrons. The van der Waals surface area contributed by atoms with Crippen LogP contribution in [0.2, 0.25) is 0 Å². The molecule has 0 saturated carbocycles. The van der Waals surface area contributed by atoms with Crippen LogP contribution in [0.15, 0.2) is 28.9 Å². The molecule has 2 rings (SSSR count). The van der Waals surface area contributed by atoms with Crippen LogP contribution in [0.4, 0.5) is 0 Å². The molecule has 0 radical (unpaired) electrons. The lowest BCUT2D eigenvalue weighted by Gasteiger charge is -2.16. The van der Waals surface area contributed by atoms with E-state index in [4.69, 9.17) is 9.52 Å². The summed E-state index contributed by atoms with van der Waals surface area (Å²) < 4.78 is 5.17. The van der Waals surface area contributed by atoms with Crippen LogP contribution in [0, 0.1) is 5.92 Å². The molecule has 3 N–H and O–H groups in total. The van der Waals surface area contributed by atoms with Crippen LogP contribution in [0.25, 0.3) is 11.5 Å². The summed E-state index contributed by atoms with van der Waals surface area (Å²) in [4.78, 5) is 23.0. The number of H-pyrrole nitrogens is 1. The lowest BCUT2D eigenvalue weighted by molar-refractivity contribution is -0.140. The van der Waals surface area contributed by atoms with E-state index in [-0.39, 0.29) is 11.6 Å². The summed E-state index contributed by atoms with van der Waals surface area (Å²) in [6.45, 7) is 3.44. The van der Waals surface area contributed by atoms with E-state index in [1.807, 2.05) is 0 Å². The molecule has 2 aromatic heterocycles. The van der Waals surface area contributed by atoms with E-state index in [0.29, 0.717) is 11.5 Å². The Morgan fingerprint density at radius 1 is 1.45 bits per heavy atom. The van der Waals surface area contributed by atoms with Gasteiger partial charge in [0.25, 0.3) is 5.91 Å². The highest BCUT2D eigenvalue weighted by molar-refractivity contribution is 5.95. The normalized spacial score (nSPS) is 12.3. The van der Waals surface area contributed by atoms with Crippen LogP contribution in [0.1, 0.15) is 24.3 Å². The molecule has 1 amide bonds. The van der Waals surface area contributed by atoms with Crippen molar-refractivity contribution in [2.75, 3.05) is 0 Å². The Bertz CT molecular complexity index is 601. The minimum atomic E-state index is -1.07. The number of nitrogens with one attached hydrogen (secondary N) is 2. The molecular formula is C13H15N3O4. The van der Waals surface area contributed by atoms with Crippen LogP contribution < -0.4 is 5.32 Å². The highest BCUT2D eigenvalue weighted by atomic mass is 16.4. The number of hydrogen-bond acceptors (Lipinski definition) is 4. The first-order valence-electron chi connectivity index (χ1n) is 6.12. The molecule has 0 aliphatic rings. The summed E-state index contributed by atoms with van der Waals surface area (Å²) >= 11 is 0. The standard InChI is InChI=1S/C13H15N3O4/c1-7(2)11(13(18)19)14-12(17)9-6-8(15-16-9)10-4-3-5-20-10/h3-7,11H,1-2H3,(H,14,17)(H,15,16)(H,18,19)/t11-/m0/s1. The van der Waals surface area contributed by atoms with Crippen molar-refractivity contribution in [3.05, 3.63) is 30.2 Å². The summed E-state index contributed by atoms with van der Waals surface area (Å²) in [7, 11) is 0. The maximum absolute atomic E-state index is 12.0. The summed E-state index contributed by atoms with van der Waals surface area (Å²) in [5.41, 5.74) is 0.667. The Morgan fingerprint density at radius 2 is 2.20 bits per heavy atom. The predicted octanol–water partition coefficient (Wildman–Crippen LogP) is 1.51. The lowest BCUT2D eigenvalue weighted by atomic mass is 10.0. The van der Waals surface area contributed by atoms with Crippen molar-refractivity contribution in [3.8, 4) is 11.5 Å². The van der Waals surface area contributed by atoms with E-state index in [0.717, 1.165) is 0 Å². The van der Waals surface area contributed by atoms with E-state index in [2.05, 4.69) is 15.5 Å². The molecule has 20 heavy (non-hydrogen) atoms. The number of furan rings is 1. The summed E-state index contributed by atoms with van der Waals surface area (Å²) in [6.07, 6.45) is 1.51. The second-order valence-corrected chi connectivity index (χ2v) is 4.68. The van der Waals surface area contributed by atoms with Gasteiger partial charge in [-0.3, -0.25) is 9.89 Å². The first kappa shape index (κ1) is 13.9. The summed E-state index contributed by atoms with van der Waals surface area (Å²) in [6, 6.07) is 4.00. The predicted molar refractivity (Wildman–Crippen MR) is 70.0 cm³/mol. The van der Waals surface area contributed by atoms with Crippen LogP contribution in [0.3, 0.4) is 0 Å². The second-order valence-electron chi connectivity index (χ2n) is 4.68. The number of amides is 1. The Morgan fingerprint density at radius 3 is 2.75 bits per heavy atom. The van der Waals surface area contributed by atoms with Gasteiger partial charge in [-0.2, -0.15) is 5.10 Å². The van der Waals surface area contributed by atoms with E-state index in [9.17, 15) is 9.59 Å². The van der Waals surface area contributed by atoms with Crippen LogP contribution in [0.5, 0.6) is 0 Å². The van der Waals surface area contributed by atoms with Gasteiger partial charge < -0.3 is 14.8 Å². The molecule has 0 aliphatic carbocycles. The number of aromatic nitrogens is 2. The van der Waals surface area contributed by atoms with Gasteiger partial charge in [0, 0.05) is 6.07 Å². The zero-order valence-corrected chi connectivity index (χ0v) is 11.1. The Hall–Kier alpha value is -2.57. The second kappa shape index (κ2) is 5.60. The first-order valence-corrected chi connectivity index (χ1v) is 6.12. The van der Waals surface area contributed by atoms with Crippen molar-refractivity contribution < 1.29 is 19.1 Å². The van der Waals surface area contributed by atoms with E-state index in [1.165, 1.54) is 12.3 Å². The number of carbonyl (C=O) groups is 2. The quantitative estimate of drug-likeness (QED) is 0.767. The van der Waals surface area contributed by atoms with E-state index < -0.39 is 17.9 Å². The molecule has 0 unspecified atom stereocenters. The minimum absolute atomic E-state index is 0.114. The van der Waals surface area contributed by atoms with Gasteiger partial charge >= 0.3 is 5.97 Å². The van der Waals surface area contributed by atoms with E-state index in [1.54, 1.807) is 26.0 Å². The SMILES string of the molecule is CC(C)[C@H](NC(=O)c1cc(-c2ccco2)[nH]n1)C(=O)O. The molecule has 0 aliphatic heterocycles. The largest absolute Gasteiger partial charge is 0.480 e. The van der Waals surface area contributed by atoms with Crippen molar-refractivity contribution in [1.82, 2.24) is 15.5 Å². The molecule has 0 bridgehead atoms. The van der Waals surface area contributed by atoms with Crippen molar-refractivity contribution in [2.24, 2.45) is 5.92 Å². The third-order valence-electron chi connectivity index (χ3n) is 2.82. The number of carbonyl (C=O) groups excluding carboxylic acids is 1. The summed E-state index contributed by atoms with van der Waals surface area (Å²) in [5, 5.41) is 18.0. The molecule has 2 heterocycles. The zero-order valence-electron chi connectivity index (χ0n) is 11.1. The molecule has 7 heteroatoms. The number of aromatic amines is 1. The fourth-order valence-corrected chi connectivity index (χ4v) is 1.72. The third kappa shape index (κ3) is 2.87. The maximum atomic E-state index is 12.0. The van der Waals surface area contributed by atoms with Crippen molar-refractivity contribution in [2.45, 2.75) is 19.9 Å². The van der Waals surface area contributed by atoms with Crippen molar-refractivity contribution in [3.63, 3.8) is 0 Å². The molecular weight excluding hydrogens is 262 g/mol. The van der Waals surface area contributed by atoms with Gasteiger partial charge in [0.1, 0.15) is 11.7 Å². The average molecular weight is 277 g/mol. The van der Waals surface area contributed by atoms with E-state index >= 15 is 0 Å². The number of nitrogens with zero attached hydrogens (tertiary/aromatic N) is 1. The smallest absolute Gasteiger partial charge is 0.326 e. The van der Waals surface area contributed by atoms with Gasteiger partial charge in [0.15, 0.2) is 11.5 Å². The van der Waals surface area contributed by atoms with Crippen LogP contribution in [-0.4, -0.2) is 33.2 Å². The lowest BCUT2D eigenvalue weighted by Crippen LogP contribution is -2.44. The molecule has 0 saturated heterocycles. The van der Waals surface area contributed by atoms with Gasteiger partial charge in [-0.05, 0) is 18.1 Å². The molecule has 0 spiro atoms. The number of carboxylic acid groups (broad SMARTS) is 1. The van der Waals surface area contributed by atoms with Gasteiger partial charge in [-0.25, -0.2) is 4.79 Å². The topological polar surface area (TPSA) is 108 Å². The molecule has 1 atom stereocenters. The number of rotatable bonds is 5. The number of carboxylic acids is 1.